The Morgan fingerprint density at radius 2 is 1.78 bits per heavy atom. The van der Waals surface area contributed by atoms with Crippen LogP contribution in [0.2, 0.25) is 5.02 Å². The van der Waals surface area contributed by atoms with Gasteiger partial charge in [-0.25, -0.2) is 0 Å². The Labute approximate surface area is 166 Å². The summed E-state index contributed by atoms with van der Waals surface area (Å²) in [4.78, 5) is 14.9. The van der Waals surface area contributed by atoms with Crippen molar-refractivity contribution < 1.29 is 9.53 Å². The lowest BCUT2D eigenvalue weighted by Crippen LogP contribution is -2.44. The average Bonchev–Trinajstić information content (AvgIpc) is 2.71. The van der Waals surface area contributed by atoms with Crippen molar-refractivity contribution in [2.45, 2.75) is 25.3 Å². The van der Waals surface area contributed by atoms with Gasteiger partial charge in [0.05, 0.1) is 19.3 Å². The zero-order valence-electron chi connectivity index (χ0n) is 15.7. The van der Waals surface area contributed by atoms with Crippen molar-refractivity contribution in [3.05, 3.63) is 70.7 Å². The first kappa shape index (κ1) is 19.9. The molecule has 0 radical (unpaired) electrons. The fourth-order valence-corrected chi connectivity index (χ4v) is 3.79. The molecule has 1 fully saturated rings. The molecule has 27 heavy (non-hydrogen) atoms. The molecule has 0 spiro atoms. The Bertz CT molecular complexity index is 732. The fraction of sp³-hybridized carbons (Fsp3) is 0.409. The van der Waals surface area contributed by atoms with E-state index in [1.165, 1.54) is 5.56 Å². The van der Waals surface area contributed by atoms with Crippen LogP contribution in [0.1, 0.15) is 36.4 Å². The predicted molar refractivity (Wildman–Crippen MR) is 109 cm³/mol. The Morgan fingerprint density at radius 3 is 2.48 bits per heavy atom. The Hall–Kier alpha value is -1.88. The lowest BCUT2D eigenvalue weighted by molar-refractivity contribution is -0.121. The second kappa shape index (κ2) is 9.88. The topological polar surface area (TPSA) is 41.6 Å². The monoisotopic (exact) mass is 386 g/mol. The van der Waals surface area contributed by atoms with Crippen LogP contribution < -0.4 is 5.32 Å². The molecule has 1 aliphatic heterocycles. The number of nitrogens with one attached hydrogen (secondary N) is 1. The van der Waals surface area contributed by atoms with Crippen molar-refractivity contribution in [2.75, 3.05) is 32.8 Å². The Morgan fingerprint density at radius 1 is 1.11 bits per heavy atom. The largest absolute Gasteiger partial charge is 0.379 e. The number of amides is 1. The Kier molecular flexibility index (Phi) is 7.27. The van der Waals surface area contributed by atoms with E-state index in [0.29, 0.717) is 26.2 Å². The van der Waals surface area contributed by atoms with Crippen LogP contribution in [0.5, 0.6) is 0 Å². The summed E-state index contributed by atoms with van der Waals surface area (Å²) in [6.07, 6.45) is 0.475. The van der Waals surface area contributed by atoms with Gasteiger partial charge in [0.2, 0.25) is 5.91 Å². The molecule has 0 aliphatic carbocycles. The van der Waals surface area contributed by atoms with E-state index in [-0.39, 0.29) is 17.9 Å². The van der Waals surface area contributed by atoms with E-state index in [1.54, 1.807) is 0 Å². The molecule has 1 heterocycles. The van der Waals surface area contributed by atoms with Crippen molar-refractivity contribution in [2.24, 2.45) is 0 Å². The third-order valence-electron chi connectivity index (χ3n) is 5.10. The first-order chi connectivity index (χ1) is 13.1. The van der Waals surface area contributed by atoms with Crippen LogP contribution in [0.4, 0.5) is 0 Å². The SMILES string of the molecule is C[C@@H](CC(=O)NC[C@@H](c1ccccc1Cl)N1CCOCC1)c1ccccc1. The number of carbonyl (C=O) groups excluding carboxylic acids is 1. The van der Waals surface area contributed by atoms with Crippen LogP contribution in [-0.2, 0) is 9.53 Å². The number of morpholine rings is 1. The van der Waals surface area contributed by atoms with E-state index in [9.17, 15) is 4.79 Å². The summed E-state index contributed by atoms with van der Waals surface area (Å²) in [5, 5.41) is 3.86. The summed E-state index contributed by atoms with van der Waals surface area (Å²) in [6.45, 7) is 5.73. The smallest absolute Gasteiger partial charge is 0.220 e. The number of hydrogen-bond donors (Lipinski definition) is 1. The van der Waals surface area contributed by atoms with Crippen molar-refractivity contribution in [1.29, 1.82) is 0 Å². The van der Waals surface area contributed by atoms with E-state index in [4.69, 9.17) is 16.3 Å². The molecule has 0 unspecified atom stereocenters. The van der Waals surface area contributed by atoms with Crippen molar-refractivity contribution in [3.63, 3.8) is 0 Å². The third kappa shape index (κ3) is 5.55. The van der Waals surface area contributed by atoms with Crippen LogP contribution in [0.3, 0.4) is 0 Å². The summed E-state index contributed by atoms with van der Waals surface area (Å²) >= 11 is 6.45. The van der Waals surface area contributed by atoms with Gasteiger partial charge in [0.1, 0.15) is 0 Å². The maximum atomic E-state index is 12.5. The van der Waals surface area contributed by atoms with E-state index in [1.807, 2.05) is 42.5 Å². The number of nitrogens with zero attached hydrogens (tertiary/aromatic N) is 1. The second-order valence-electron chi connectivity index (χ2n) is 7.01. The van der Waals surface area contributed by atoms with Gasteiger partial charge in [0.25, 0.3) is 0 Å². The molecule has 4 nitrogen and oxygen atoms in total. The minimum absolute atomic E-state index is 0.0542. The molecule has 1 aliphatic rings. The molecule has 0 bridgehead atoms. The number of ether oxygens (including phenoxy) is 1. The molecular weight excluding hydrogens is 360 g/mol. The third-order valence-corrected chi connectivity index (χ3v) is 5.45. The molecule has 0 saturated carbocycles. The fourth-order valence-electron chi connectivity index (χ4n) is 3.53. The first-order valence-corrected chi connectivity index (χ1v) is 9.91. The van der Waals surface area contributed by atoms with Crippen LogP contribution in [-0.4, -0.2) is 43.7 Å². The van der Waals surface area contributed by atoms with Crippen molar-refractivity contribution >= 4 is 17.5 Å². The lowest BCUT2D eigenvalue weighted by Gasteiger charge is -2.35. The summed E-state index contributed by atoms with van der Waals surface area (Å²) in [5.41, 5.74) is 2.24. The van der Waals surface area contributed by atoms with Crippen LogP contribution in [0, 0.1) is 0 Å². The van der Waals surface area contributed by atoms with Gasteiger partial charge >= 0.3 is 0 Å². The molecule has 2 atom stereocenters. The van der Waals surface area contributed by atoms with E-state index >= 15 is 0 Å². The highest BCUT2D eigenvalue weighted by Crippen LogP contribution is 2.28. The molecule has 5 heteroatoms. The summed E-state index contributed by atoms with van der Waals surface area (Å²) in [5.74, 6) is 0.255. The molecule has 1 saturated heterocycles. The van der Waals surface area contributed by atoms with Crippen LogP contribution in [0.25, 0.3) is 0 Å². The molecule has 2 aromatic carbocycles. The summed E-state index contributed by atoms with van der Waals surface area (Å²) in [7, 11) is 0. The quantitative estimate of drug-likeness (QED) is 0.781. The van der Waals surface area contributed by atoms with E-state index < -0.39 is 0 Å². The van der Waals surface area contributed by atoms with Gasteiger partial charge in [-0.05, 0) is 23.1 Å². The second-order valence-corrected chi connectivity index (χ2v) is 7.41. The summed E-state index contributed by atoms with van der Waals surface area (Å²) < 4.78 is 5.48. The highest BCUT2D eigenvalue weighted by atomic mass is 35.5. The number of hydrogen-bond acceptors (Lipinski definition) is 3. The molecule has 1 amide bonds. The molecule has 0 aromatic heterocycles. The Balaban J connectivity index is 1.63. The van der Waals surface area contributed by atoms with Gasteiger partial charge in [-0.2, -0.15) is 0 Å². The standard InChI is InChI=1S/C22H27ClN2O2/c1-17(18-7-3-2-4-8-18)15-22(26)24-16-21(25-11-13-27-14-12-25)19-9-5-6-10-20(19)23/h2-10,17,21H,11-16H2,1H3,(H,24,26)/t17-,21-/m0/s1. The molecule has 2 aromatic rings. The highest BCUT2D eigenvalue weighted by Gasteiger charge is 2.25. The van der Waals surface area contributed by atoms with Crippen molar-refractivity contribution in [3.8, 4) is 0 Å². The minimum Gasteiger partial charge on any atom is -0.379 e. The molecule has 1 N–H and O–H groups in total. The highest BCUT2D eigenvalue weighted by molar-refractivity contribution is 6.31. The maximum Gasteiger partial charge on any atom is 0.220 e. The minimum atomic E-state index is 0.0542. The van der Waals surface area contributed by atoms with E-state index in [0.717, 1.165) is 23.7 Å². The van der Waals surface area contributed by atoms with Crippen molar-refractivity contribution in [1.82, 2.24) is 10.2 Å². The number of benzene rings is 2. The summed E-state index contributed by atoms with van der Waals surface area (Å²) in [6, 6.07) is 18.1. The van der Waals surface area contributed by atoms with Gasteiger partial charge in [-0.15, -0.1) is 0 Å². The van der Waals surface area contributed by atoms with Gasteiger partial charge in [0.15, 0.2) is 0 Å². The van der Waals surface area contributed by atoms with Gasteiger partial charge in [0, 0.05) is 31.1 Å². The predicted octanol–water partition coefficient (Wildman–Crippen LogP) is 4.02. The van der Waals surface area contributed by atoms with Gasteiger partial charge in [-0.1, -0.05) is 67.1 Å². The van der Waals surface area contributed by atoms with Gasteiger partial charge in [-0.3, -0.25) is 9.69 Å². The van der Waals surface area contributed by atoms with Crippen LogP contribution >= 0.6 is 11.6 Å². The average molecular weight is 387 g/mol. The zero-order chi connectivity index (χ0) is 19.1. The van der Waals surface area contributed by atoms with Gasteiger partial charge < -0.3 is 10.1 Å². The maximum absolute atomic E-state index is 12.5. The number of rotatable bonds is 7. The van der Waals surface area contributed by atoms with E-state index in [2.05, 4.69) is 29.3 Å². The number of carbonyl (C=O) groups is 1. The first-order valence-electron chi connectivity index (χ1n) is 9.53. The molecule has 144 valence electrons. The molecule has 3 rings (SSSR count). The normalized spacial score (nSPS) is 17.3. The van der Waals surface area contributed by atoms with Crippen LogP contribution in [0.15, 0.2) is 54.6 Å². The molecular formula is C22H27ClN2O2. The number of halogens is 1. The zero-order valence-corrected chi connectivity index (χ0v) is 16.5. The lowest BCUT2D eigenvalue weighted by atomic mass is 9.97.